The molecule has 4 heterocycles. The average Bonchev–Trinajstić information content (AvgIpc) is 3.80. The zero-order valence-corrected chi connectivity index (χ0v) is 30.0. The molecule has 0 fully saturated rings. The summed E-state index contributed by atoms with van der Waals surface area (Å²) in [5.41, 5.74) is 7.98. The highest BCUT2D eigenvalue weighted by Crippen LogP contribution is 2.52. The highest BCUT2D eigenvalue weighted by molar-refractivity contribution is 9.11. The number of halogens is 2. The number of hydrogen-bond acceptors (Lipinski definition) is 5. The van der Waals surface area contributed by atoms with Crippen LogP contribution in [0.5, 0.6) is 0 Å². The molecule has 0 unspecified atom stereocenters. The lowest BCUT2D eigenvalue weighted by Gasteiger charge is -2.09. The first-order valence-electron chi connectivity index (χ1n) is 15.5. The fourth-order valence-corrected chi connectivity index (χ4v) is 10.6. The van der Waals surface area contributed by atoms with Gasteiger partial charge in [0.2, 0.25) is 0 Å². The van der Waals surface area contributed by atoms with Crippen LogP contribution >= 0.6 is 65.9 Å². The Kier molecular flexibility index (Phi) is 9.16. The van der Waals surface area contributed by atoms with Crippen molar-refractivity contribution in [2.45, 2.75) is 77.6 Å². The van der Waals surface area contributed by atoms with Gasteiger partial charge >= 0.3 is 0 Å². The maximum absolute atomic E-state index is 5.42. The van der Waals surface area contributed by atoms with E-state index in [1.54, 1.807) is 22.7 Å². The molecule has 43 heavy (non-hydrogen) atoms. The van der Waals surface area contributed by atoms with Crippen LogP contribution in [0.4, 0.5) is 0 Å². The highest BCUT2D eigenvalue weighted by atomic mass is 79.9. The second kappa shape index (κ2) is 13.2. The van der Waals surface area contributed by atoms with Crippen molar-refractivity contribution < 1.29 is 0 Å². The summed E-state index contributed by atoms with van der Waals surface area (Å²) in [4.78, 5) is 15.7. The molecule has 0 radical (unpaired) electrons. The summed E-state index contributed by atoms with van der Waals surface area (Å²) in [7, 11) is 0. The number of rotatable bonds is 13. The lowest BCUT2D eigenvalue weighted by Crippen LogP contribution is -1.90. The predicted octanol–water partition coefficient (Wildman–Crippen LogP) is 13.9. The molecule has 0 amide bonds. The first-order valence-corrected chi connectivity index (χ1v) is 19.6. The molecule has 0 aliphatic heterocycles. The van der Waals surface area contributed by atoms with E-state index in [1.807, 2.05) is 11.3 Å². The molecule has 7 rings (SSSR count). The van der Waals surface area contributed by atoms with Crippen LogP contribution in [0.2, 0.25) is 0 Å². The Morgan fingerprint density at radius 1 is 0.581 bits per heavy atom. The molecule has 0 saturated heterocycles. The molecule has 4 aromatic heterocycles. The van der Waals surface area contributed by atoms with E-state index in [2.05, 4.69) is 93.4 Å². The van der Waals surface area contributed by atoms with Gasteiger partial charge in [-0.05, 0) is 79.9 Å². The molecule has 7 heteroatoms. The number of benzene rings is 2. The van der Waals surface area contributed by atoms with Gasteiger partial charge < -0.3 is 0 Å². The van der Waals surface area contributed by atoms with Crippen molar-refractivity contribution in [1.82, 2.24) is 9.97 Å². The SMILES string of the molecule is CCCCCCCCCCCCc1ccc2c3c(cccc13)-c1nc3c(-c4ccc(Br)s4)sc(-c4ccc(Br)s4)c3nc1-2. The van der Waals surface area contributed by atoms with Gasteiger partial charge in [0.05, 0.1) is 28.7 Å². The van der Waals surface area contributed by atoms with E-state index < -0.39 is 0 Å². The third-order valence-electron chi connectivity index (χ3n) is 8.56. The van der Waals surface area contributed by atoms with Crippen molar-refractivity contribution in [1.29, 1.82) is 0 Å². The van der Waals surface area contributed by atoms with E-state index in [4.69, 9.17) is 9.97 Å². The minimum Gasteiger partial charge on any atom is -0.242 e. The Morgan fingerprint density at radius 2 is 1.14 bits per heavy atom. The van der Waals surface area contributed by atoms with E-state index >= 15 is 0 Å². The Balaban J connectivity index is 1.18. The number of aromatic nitrogens is 2. The van der Waals surface area contributed by atoms with Crippen LogP contribution in [-0.4, -0.2) is 9.97 Å². The molecule has 1 aliphatic rings. The smallest absolute Gasteiger partial charge is 0.110 e. The van der Waals surface area contributed by atoms with Gasteiger partial charge in [0.1, 0.15) is 11.0 Å². The number of nitrogens with zero attached hydrogens (tertiary/aromatic N) is 2. The highest BCUT2D eigenvalue weighted by Gasteiger charge is 2.29. The average molecular weight is 751 g/mol. The van der Waals surface area contributed by atoms with Crippen molar-refractivity contribution in [3.05, 3.63) is 67.7 Å². The minimum atomic E-state index is 1.01. The van der Waals surface area contributed by atoms with Crippen LogP contribution in [-0.2, 0) is 6.42 Å². The molecular formula is C36H34Br2N2S3. The molecule has 6 aromatic rings. The molecule has 1 aliphatic carbocycles. The standard InChI is InChI=1S/C36H34Br2N2S3/c1-2-3-4-5-6-7-8-9-10-11-13-22-16-17-25-30-23(22)14-12-15-24(30)31-32(25)40-34-33(39-31)35(26-18-20-28(37)41-26)43-36(34)27-19-21-29(38)42-27/h12,14-21H,2-11,13H2,1H3. The number of thiophene rings is 3. The van der Waals surface area contributed by atoms with Crippen LogP contribution in [0.1, 0.15) is 76.7 Å². The van der Waals surface area contributed by atoms with Gasteiger partial charge in [-0.2, -0.15) is 0 Å². The van der Waals surface area contributed by atoms with Crippen molar-refractivity contribution in [3.63, 3.8) is 0 Å². The molecule has 0 N–H and O–H groups in total. The summed E-state index contributed by atoms with van der Waals surface area (Å²) in [6, 6.07) is 20.1. The second-order valence-corrected chi connectivity index (χ2v) is 17.5. The van der Waals surface area contributed by atoms with Crippen LogP contribution in [0, 0.1) is 0 Å². The lowest BCUT2D eigenvalue weighted by atomic mass is 9.95. The lowest BCUT2D eigenvalue weighted by molar-refractivity contribution is 0.556. The molecule has 0 atom stereocenters. The fourth-order valence-electron chi connectivity index (χ4n) is 6.42. The van der Waals surface area contributed by atoms with Crippen LogP contribution in [0.15, 0.2) is 62.2 Å². The first kappa shape index (κ1) is 29.8. The number of fused-ring (bicyclic) bond motifs is 4. The van der Waals surface area contributed by atoms with Crippen LogP contribution in [0.25, 0.3) is 63.8 Å². The van der Waals surface area contributed by atoms with Gasteiger partial charge in [-0.1, -0.05) is 95.0 Å². The van der Waals surface area contributed by atoms with Crippen LogP contribution in [0.3, 0.4) is 0 Å². The molecule has 220 valence electrons. The zero-order valence-electron chi connectivity index (χ0n) is 24.3. The zero-order chi connectivity index (χ0) is 29.3. The van der Waals surface area contributed by atoms with Gasteiger partial charge in [-0.3, -0.25) is 0 Å². The third kappa shape index (κ3) is 5.93. The van der Waals surface area contributed by atoms with E-state index in [1.165, 1.54) is 111 Å². The number of aryl methyl sites for hydroxylation is 1. The third-order valence-corrected chi connectivity index (χ3v) is 13.3. The van der Waals surface area contributed by atoms with Gasteiger partial charge in [0.15, 0.2) is 0 Å². The monoisotopic (exact) mass is 748 g/mol. The molecule has 0 saturated carbocycles. The van der Waals surface area contributed by atoms with Crippen molar-refractivity contribution in [3.8, 4) is 42.0 Å². The summed E-state index contributed by atoms with van der Waals surface area (Å²) in [5.74, 6) is 0. The largest absolute Gasteiger partial charge is 0.242 e. The van der Waals surface area contributed by atoms with Gasteiger partial charge in [0.25, 0.3) is 0 Å². The van der Waals surface area contributed by atoms with Gasteiger partial charge in [-0.25, -0.2) is 9.97 Å². The van der Waals surface area contributed by atoms with E-state index in [0.717, 1.165) is 36.4 Å². The molecule has 0 bridgehead atoms. The Morgan fingerprint density at radius 3 is 1.70 bits per heavy atom. The Hall–Kier alpha value is -1.90. The van der Waals surface area contributed by atoms with E-state index in [-0.39, 0.29) is 0 Å². The molecular weight excluding hydrogens is 716 g/mol. The van der Waals surface area contributed by atoms with Crippen molar-refractivity contribution >= 4 is 87.7 Å². The molecule has 0 spiro atoms. The summed E-state index contributed by atoms with van der Waals surface area (Å²) in [6.45, 7) is 2.29. The topological polar surface area (TPSA) is 25.8 Å². The predicted molar refractivity (Wildman–Crippen MR) is 197 cm³/mol. The summed E-state index contributed by atoms with van der Waals surface area (Å²) < 4.78 is 2.26. The van der Waals surface area contributed by atoms with E-state index in [0.29, 0.717) is 0 Å². The summed E-state index contributed by atoms with van der Waals surface area (Å²) in [6.07, 6.45) is 14.8. The molecule has 2 aromatic carbocycles. The minimum absolute atomic E-state index is 1.01. The van der Waals surface area contributed by atoms with E-state index in [9.17, 15) is 0 Å². The Labute approximate surface area is 282 Å². The van der Waals surface area contributed by atoms with Crippen molar-refractivity contribution in [2.75, 3.05) is 0 Å². The normalized spacial score (nSPS) is 12.2. The maximum Gasteiger partial charge on any atom is 0.110 e. The molecule has 2 nitrogen and oxygen atoms in total. The van der Waals surface area contributed by atoms with Gasteiger partial charge in [-0.15, -0.1) is 34.0 Å². The number of hydrogen-bond donors (Lipinski definition) is 0. The second-order valence-electron chi connectivity index (χ2n) is 11.5. The van der Waals surface area contributed by atoms with Crippen LogP contribution < -0.4 is 0 Å². The number of unbranched alkanes of at least 4 members (excludes halogenated alkanes) is 9. The fraction of sp³-hybridized carbons (Fsp3) is 0.333. The maximum atomic E-state index is 5.42. The van der Waals surface area contributed by atoms with Gasteiger partial charge in [0, 0.05) is 26.3 Å². The first-order chi connectivity index (χ1) is 21.1. The quantitative estimate of drug-likeness (QED) is 0.110. The summed E-state index contributed by atoms with van der Waals surface area (Å²) in [5, 5.41) is 2.71. The Bertz CT molecular complexity index is 1830. The summed E-state index contributed by atoms with van der Waals surface area (Å²) >= 11 is 12.7. The van der Waals surface area contributed by atoms with Crippen molar-refractivity contribution in [2.24, 2.45) is 0 Å².